The number of hydrogen-bond donors (Lipinski definition) is 1. The molecular formula is C18H15F3N4O. The van der Waals surface area contributed by atoms with Crippen LogP contribution in [0.1, 0.15) is 42.0 Å². The third kappa shape index (κ3) is 2.75. The smallest absolute Gasteiger partial charge is 0.295 e. The van der Waals surface area contributed by atoms with Crippen molar-refractivity contribution in [3.8, 4) is 17.3 Å². The Balaban J connectivity index is 2.34. The highest BCUT2D eigenvalue weighted by Gasteiger charge is 2.32. The Labute approximate surface area is 146 Å². The van der Waals surface area contributed by atoms with Crippen molar-refractivity contribution in [1.29, 1.82) is 5.26 Å². The van der Waals surface area contributed by atoms with Crippen LogP contribution in [0.5, 0.6) is 0 Å². The van der Waals surface area contributed by atoms with E-state index in [0.717, 1.165) is 6.07 Å². The molecule has 0 atom stereocenters. The number of aromatic nitrogens is 3. The number of benzene rings is 1. The van der Waals surface area contributed by atoms with Gasteiger partial charge in [0, 0.05) is 17.3 Å². The topological polar surface area (TPSA) is 73.9 Å². The van der Waals surface area contributed by atoms with E-state index in [9.17, 15) is 23.2 Å². The van der Waals surface area contributed by atoms with Gasteiger partial charge in [-0.05, 0) is 30.5 Å². The molecule has 2 heterocycles. The van der Waals surface area contributed by atoms with Crippen molar-refractivity contribution in [2.45, 2.75) is 32.9 Å². The van der Waals surface area contributed by atoms with E-state index in [4.69, 9.17) is 0 Å². The summed E-state index contributed by atoms with van der Waals surface area (Å²) >= 11 is 0. The molecule has 0 radical (unpaired) electrons. The first-order valence-electron chi connectivity index (χ1n) is 7.87. The maximum atomic E-state index is 13.0. The van der Waals surface area contributed by atoms with E-state index in [-0.39, 0.29) is 33.9 Å². The Bertz CT molecular complexity index is 1100. The monoisotopic (exact) mass is 360 g/mol. The predicted molar refractivity (Wildman–Crippen MR) is 89.8 cm³/mol. The summed E-state index contributed by atoms with van der Waals surface area (Å²) in [5, 5.41) is 11.9. The highest BCUT2D eigenvalue weighted by Crippen LogP contribution is 2.34. The second kappa shape index (κ2) is 6.02. The van der Waals surface area contributed by atoms with E-state index >= 15 is 0 Å². The van der Waals surface area contributed by atoms with Crippen molar-refractivity contribution in [3.63, 3.8) is 0 Å². The van der Waals surface area contributed by atoms with Crippen molar-refractivity contribution in [1.82, 2.24) is 14.6 Å². The van der Waals surface area contributed by atoms with Gasteiger partial charge in [-0.1, -0.05) is 19.9 Å². The summed E-state index contributed by atoms with van der Waals surface area (Å²) in [6.07, 6.45) is -3.08. The molecule has 1 aromatic carbocycles. The van der Waals surface area contributed by atoms with Gasteiger partial charge in [-0.3, -0.25) is 9.89 Å². The molecular weight excluding hydrogens is 345 g/mol. The Kier molecular flexibility index (Phi) is 4.11. The molecule has 0 aliphatic carbocycles. The second-order valence-electron chi connectivity index (χ2n) is 6.32. The Morgan fingerprint density at radius 2 is 2.00 bits per heavy atom. The Hall–Kier alpha value is -3.08. The molecule has 0 amide bonds. The quantitative estimate of drug-likeness (QED) is 0.750. The van der Waals surface area contributed by atoms with Crippen LogP contribution in [0.4, 0.5) is 13.2 Å². The van der Waals surface area contributed by atoms with Gasteiger partial charge in [0.05, 0.1) is 11.3 Å². The summed E-state index contributed by atoms with van der Waals surface area (Å²) in [6, 6.07) is 5.60. The van der Waals surface area contributed by atoms with Gasteiger partial charge in [-0.2, -0.15) is 18.4 Å². The summed E-state index contributed by atoms with van der Waals surface area (Å²) in [6.45, 7) is 4.97. The highest BCUT2D eigenvalue weighted by molar-refractivity contribution is 5.69. The maximum Gasteiger partial charge on any atom is 0.416 e. The lowest BCUT2D eigenvalue weighted by Crippen LogP contribution is -2.22. The van der Waals surface area contributed by atoms with Crippen LogP contribution in [0.15, 0.2) is 29.2 Å². The van der Waals surface area contributed by atoms with Crippen LogP contribution in [-0.4, -0.2) is 14.6 Å². The van der Waals surface area contributed by atoms with Crippen LogP contribution in [0.3, 0.4) is 0 Å². The fourth-order valence-electron chi connectivity index (χ4n) is 2.98. The SMILES string of the molecule is Cc1cc(-c2nc3c(C#N)c[nH]n3c(=O)c2C(C)C)ccc1C(F)(F)F. The largest absolute Gasteiger partial charge is 0.416 e. The number of nitriles is 1. The van der Waals surface area contributed by atoms with Gasteiger partial charge in [0.2, 0.25) is 0 Å². The molecule has 0 bridgehead atoms. The first-order chi connectivity index (χ1) is 12.1. The van der Waals surface area contributed by atoms with Gasteiger partial charge in [0.25, 0.3) is 5.56 Å². The van der Waals surface area contributed by atoms with Gasteiger partial charge in [0.1, 0.15) is 11.6 Å². The summed E-state index contributed by atoms with van der Waals surface area (Å²) < 4.78 is 40.2. The number of aromatic amines is 1. The van der Waals surface area contributed by atoms with Gasteiger partial charge in [-0.15, -0.1) is 0 Å². The number of H-pyrrole nitrogens is 1. The van der Waals surface area contributed by atoms with Gasteiger partial charge in [-0.25, -0.2) is 9.50 Å². The Morgan fingerprint density at radius 3 is 2.54 bits per heavy atom. The summed E-state index contributed by atoms with van der Waals surface area (Å²) in [5.41, 5.74) is 0.330. The maximum absolute atomic E-state index is 13.0. The van der Waals surface area contributed by atoms with Crippen LogP contribution >= 0.6 is 0 Å². The molecule has 0 saturated heterocycles. The molecule has 0 spiro atoms. The number of rotatable bonds is 2. The van der Waals surface area contributed by atoms with Gasteiger partial charge >= 0.3 is 6.18 Å². The average Bonchev–Trinajstić information content (AvgIpc) is 2.96. The highest BCUT2D eigenvalue weighted by atomic mass is 19.4. The lowest BCUT2D eigenvalue weighted by atomic mass is 9.95. The van der Waals surface area contributed by atoms with Gasteiger partial charge < -0.3 is 0 Å². The molecule has 0 aliphatic rings. The lowest BCUT2D eigenvalue weighted by Gasteiger charge is -2.15. The molecule has 134 valence electrons. The normalized spacial score (nSPS) is 11.9. The van der Waals surface area contributed by atoms with Gasteiger partial charge in [0.15, 0.2) is 5.65 Å². The minimum Gasteiger partial charge on any atom is -0.295 e. The molecule has 0 saturated carbocycles. The number of aryl methyl sites for hydroxylation is 1. The Morgan fingerprint density at radius 1 is 1.31 bits per heavy atom. The summed E-state index contributed by atoms with van der Waals surface area (Å²) in [4.78, 5) is 17.2. The van der Waals surface area contributed by atoms with E-state index in [1.165, 1.54) is 29.8 Å². The number of nitrogens with one attached hydrogen (secondary N) is 1. The van der Waals surface area contributed by atoms with Crippen molar-refractivity contribution in [2.24, 2.45) is 0 Å². The fourth-order valence-corrected chi connectivity index (χ4v) is 2.98. The number of fused-ring (bicyclic) bond motifs is 1. The number of halogens is 3. The minimum atomic E-state index is -4.45. The van der Waals surface area contributed by atoms with E-state index in [2.05, 4.69) is 10.1 Å². The zero-order valence-electron chi connectivity index (χ0n) is 14.3. The minimum absolute atomic E-state index is 0.0429. The molecule has 3 rings (SSSR count). The van der Waals surface area contributed by atoms with Crippen molar-refractivity contribution in [2.75, 3.05) is 0 Å². The first kappa shape index (κ1) is 17.7. The number of alkyl halides is 3. The fraction of sp³-hybridized carbons (Fsp3) is 0.278. The van der Waals surface area contributed by atoms with Crippen LogP contribution in [0.25, 0.3) is 16.9 Å². The second-order valence-corrected chi connectivity index (χ2v) is 6.32. The predicted octanol–water partition coefficient (Wildman–Crippen LogP) is 4.01. The van der Waals surface area contributed by atoms with Crippen molar-refractivity contribution in [3.05, 3.63) is 57.0 Å². The van der Waals surface area contributed by atoms with Crippen molar-refractivity contribution >= 4 is 5.65 Å². The molecule has 0 aliphatic heterocycles. The van der Waals surface area contributed by atoms with E-state index in [1.807, 2.05) is 6.07 Å². The molecule has 5 nitrogen and oxygen atoms in total. The van der Waals surface area contributed by atoms with Crippen LogP contribution in [-0.2, 0) is 6.18 Å². The molecule has 26 heavy (non-hydrogen) atoms. The number of hydrogen-bond acceptors (Lipinski definition) is 3. The molecule has 1 N–H and O–H groups in total. The van der Waals surface area contributed by atoms with Crippen LogP contribution < -0.4 is 5.56 Å². The molecule has 0 unspecified atom stereocenters. The van der Waals surface area contributed by atoms with Crippen molar-refractivity contribution < 1.29 is 13.2 Å². The third-order valence-electron chi connectivity index (χ3n) is 4.20. The molecule has 8 heteroatoms. The van der Waals surface area contributed by atoms with E-state index in [1.54, 1.807) is 13.8 Å². The zero-order chi connectivity index (χ0) is 19.2. The molecule has 2 aromatic heterocycles. The molecule has 3 aromatic rings. The standard InChI is InChI=1S/C18H15F3N4O/c1-9(2)14-15(11-4-5-13(10(3)6-11)18(19,20)21)24-16-12(7-22)8-23-25(16)17(14)26/h4-6,8-9,23H,1-3H3. The van der Waals surface area contributed by atoms with Crippen LogP contribution in [0.2, 0.25) is 0 Å². The average molecular weight is 360 g/mol. The number of nitrogens with zero attached hydrogens (tertiary/aromatic N) is 3. The first-order valence-corrected chi connectivity index (χ1v) is 7.87. The third-order valence-corrected chi connectivity index (χ3v) is 4.20. The summed E-state index contributed by atoms with van der Waals surface area (Å²) in [5.74, 6) is -0.210. The zero-order valence-corrected chi connectivity index (χ0v) is 14.3. The lowest BCUT2D eigenvalue weighted by molar-refractivity contribution is -0.138. The van der Waals surface area contributed by atoms with Crippen LogP contribution in [0, 0.1) is 18.3 Å². The molecule has 0 fully saturated rings. The van der Waals surface area contributed by atoms with E-state index in [0.29, 0.717) is 11.1 Å². The van der Waals surface area contributed by atoms with E-state index < -0.39 is 11.7 Å². The summed E-state index contributed by atoms with van der Waals surface area (Å²) in [7, 11) is 0.